The molecule has 46 heavy (non-hydrogen) atoms. The summed E-state index contributed by atoms with van der Waals surface area (Å²) in [5.41, 5.74) is 0.354. The molecule has 0 unspecified atom stereocenters. The van der Waals surface area contributed by atoms with E-state index in [-0.39, 0.29) is 18.5 Å². The SMILES string of the molecule is CCCCCCC(CCCCCC)CCOC(=O)CCCCCCCN(CCO)CCCCCCCCOC(=O)CC12CC(C1)C2. The fraction of sp³-hybridized carbons (Fsp3) is 0.950. The van der Waals surface area contributed by atoms with Crippen molar-refractivity contribution >= 4 is 11.9 Å². The fourth-order valence-corrected chi connectivity index (χ4v) is 7.74. The van der Waals surface area contributed by atoms with Gasteiger partial charge in [0.2, 0.25) is 0 Å². The minimum Gasteiger partial charge on any atom is -0.466 e. The third kappa shape index (κ3) is 19.6. The van der Waals surface area contributed by atoms with E-state index in [0.29, 0.717) is 37.4 Å². The molecule has 0 spiro atoms. The Labute approximate surface area is 284 Å². The Morgan fingerprint density at radius 3 is 1.70 bits per heavy atom. The number of aliphatic hydroxyl groups is 1. The first kappa shape index (κ1) is 41.0. The third-order valence-corrected chi connectivity index (χ3v) is 10.8. The second-order valence-electron chi connectivity index (χ2n) is 15.2. The third-order valence-electron chi connectivity index (χ3n) is 10.8. The molecule has 0 amide bonds. The summed E-state index contributed by atoms with van der Waals surface area (Å²) in [4.78, 5) is 26.7. The van der Waals surface area contributed by atoms with E-state index < -0.39 is 0 Å². The predicted molar refractivity (Wildman–Crippen MR) is 191 cm³/mol. The number of nitrogens with zero attached hydrogens (tertiary/aromatic N) is 1. The zero-order valence-corrected chi connectivity index (χ0v) is 30.5. The monoisotopic (exact) mass is 650 g/mol. The Morgan fingerprint density at radius 2 is 1.15 bits per heavy atom. The van der Waals surface area contributed by atoms with Crippen LogP contribution in [0.5, 0.6) is 0 Å². The Bertz CT molecular complexity index is 729. The van der Waals surface area contributed by atoms with Crippen molar-refractivity contribution < 1.29 is 24.2 Å². The minimum absolute atomic E-state index is 0.0107. The summed E-state index contributed by atoms with van der Waals surface area (Å²) in [6.45, 7) is 8.82. The number of esters is 2. The Hall–Kier alpha value is -1.14. The number of hydrogen-bond acceptors (Lipinski definition) is 6. The van der Waals surface area contributed by atoms with Gasteiger partial charge >= 0.3 is 11.9 Å². The molecule has 3 aliphatic rings. The van der Waals surface area contributed by atoms with Crippen LogP contribution in [-0.2, 0) is 19.1 Å². The number of carbonyl (C=O) groups excluding carboxylic acids is 2. The zero-order valence-electron chi connectivity index (χ0n) is 30.5. The standard InChI is InChI=1S/C40H75NO5/c1-3-5-7-16-22-36(23-17-8-6-4-2)25-31-46-38(43)24-18-12-11-14-20-27-41(28-29-42)26-19-13-9-10-15-21-30-45-39(44)35-40-32-37(33-40)34-40/h36-37,42H,3-35H2,1-2H3. The maximum atomic E-state index is 12.3. The average molecular weight is 650 g/mol. The molecular weight excluding hydrogens is 574 g/mol. The molecule has 3 fully saturated rings. The largest absolute Gasteiger partial charge is 0.466 e. The molecule has 0 radical (unpaired) electrons. The Balaban J connectivity index is 1.38. The molecule has 0 aromatic heterocycles. The predicted octanol–water partition coefficient (Wildman–Crippen LogP) is 10.2. The van der Waals surface area contributed by atoms with Gasteiger partial charge in [-0.3, -0.25) is 9.59 Å². The molecule has 1 N–H and O–H groups in total. The van der Waals surface area contributed by atoms with Gasteiger partial charge in [0.1, 0.15) is 0 Å². The highest BCUT2D eigenvalue weighted by Gasteiger charge is 2.57. The van der Waals surface area contributed by atoms with E-state index in [4.69, 9.17) is 9.47 Å². The quantitative estimate of drug-likeness (QED) is 0.0552. The van der Waals surface area contributed by atoms with Crippen LogP contribution in [0.4, 0.5) is 0 Å². The number of hydrogen-bond donors (Lipinski definition) is 1. The molecule has 0 aromatic rings. The highest BCUT2D eigenvalue weighted by molar-refractivity contribution is 5.71. The number of ether oxygens (including phenoxy) is 2. The molecule has 6 heteroatoms. The first-order valence-corrected chi connectivity index (χ1v) is 20.1. The first-order valence-electron chi connectivity index (χ1n) is 20.1. The molecule has 3 rings (SSSR count). The lowest BCUT2D eigenvalue weighted by Gasteiger charge is -2.61. The van der Waals surface area contributed by atoms with E-state index in [2.05, 4.69) is 18.7 Å². The van der Waals surface area contributed by atoms with Crippen LogP contribution in [-0.4, -0.2) is 61.4 Å². The number of rotatable bonds is 34. The second-order valence-corrected chi connectivity index (χ2v) is 15.2. The molecule has 6 nitrogen and oxygen atoms in total. The summed E-state index contributed by atoms with van der Waals surface area (Å²) in [6.07, 6.45) is 31.6. The van der Waals surface area contributed by atoms with E-state index in [1.54, 1.807) is 0 Å². The van der Waals surface area contributed by atoms with Gasteiger partial charge in [-0.2, -0.15) is 0 Å². The van der Waals surface area contributed by atoms with Crippen molar-refractivity contribution in [1.29, 1.82) is 0 Å². The molecule has 0 aromatic carbocycles. The van der Waals surface area contributed by atoms with E-state index in [0.717, 1.165) is 70.5 Å². The van der Waals surface area contributed by atoms with Gasteiger partial charge in [0.25, 0.3) is 0 Å². The van der Waals surface area contributed by atoms with Crippen LogP contribution in [0.2, 0.25) is 0 Å². The van der Waals surface area contributed by atoms with Crippen molar-refractivity contribution in [1.82, 2.24) is 4.90 Å². The lowest BCUT2D eigenvalue weighted by molar-refractivity contribution is -0.164. The fourth-order valence-electron chi connectivity index (χ4n) is 7.74. The van der Waals surface area contributed by atoms with Crippen LogP contribution in [0, 0.1) is 17.3 Å². The molecule has 2 bridgehead atoms. The Kier molecular flexibility index (Phi) is 23.9. The summed E-state index contributed by atoms with van der Waals surface area (Å²) < 4.78 is 11.1. The molecule has 270 valence electrons. The topological polar surface area (TPSA) is 76.1 Å². The van der Waals surface area contributed by atoms with E-state index in [1.165, 1.54) is 116 Å². The van der Waals surface area contributed by atoms with Crippen molar-refractivity contribution in [3.05, 3.63) is 0 Å². The summed E-state index contributed by atoms with van der Waals surface area (Å²) in [5.74, 6) is 1.65. The van der Waals surface area contributed by atoms with E-state index in [1.807, 2.05) is 0 Å². The smallest absolute Gasteiger partial charge is 0.306 e. The lowest BCUT2D eigenvalue weighted by atomic mass is 9.43. The van der Waals surface area contributed by atoms with Gasteiger partial charge in [0.15, 0.2) is 0 Å². The maximum absolute atomic E-state index is 12.3. The molecular formula is C40H75NO5. The number of aliphatic hydroxyl groups excluding tert-OH is 1. The van der Waals surface area contributed by atoms with Gasteiger partial charge in [-0.1, -0.05) is 123 Å². The summed E-state index contributed by atoms with van der Waals surface area (Å²) >= 11 is 0. The van der Waals surface area contributed by atoms with Crippen LogP contribution in [0.1, 0.15) is 187 Å². The molecule has 0 heterocycles. The second kappa shape index (κ2) is 26.8. The molecule has 0 saturated heterocycles. The highest BCUT2D eigenvalue weighted by atomic mass is 16.5. The average Bonchev–Trinajstić information content (AvgIpc) is 3.00. The number of unbranched alkanes of at least 4 members (excludes halogenated alkanes) is 15. The summed E-state index contributed by atoms with van der Waals surface area (Å²) in [5, 5.41) is 9.49. The van der Waals surface area contributed by atoms with Crippen molar-refractivity contribution in [2.24, 2.45) is 17.3 Å². The van der Waals surface area contributed by atoms with Crippen molar-refractivity contribution in [3.8, 4) is 0 Å². The van der Waals surface area contributed by atoms with Crippen LogP contribution >= 0.6 is 0 Å². The van der Waals surface area contributed by atoms with Gasteiger partial charge < -0.3 is 19.5 Å². The maximum Gasteiger partial charge on any atom is 0.306 e. The van der Waals surface area contributed by atoms with Gasteiger partial charge in [-0.15, -0.1) is 0 Å². The van der Waals surface area contributed by atoms with Gasteiger partial charge in [-0.25, -0.2) is 0 Å². The first-order chi connectivity index (χ1) is 22.5. The van der Waals surface area contributed by atoms with Crippen LogP contribution in [0.25, 0.3) is 0 Å². The van der Waals surface area contributed by atoms with Crippen LogP contribution in [0.3, 0.4) is 0 Å². The zero-order chi connectivity index (χ0) is 33.1. The minimum atomic E-state index is -0.0107. The molecule has 0 aliphatic heterocycles. The van der Waals surface area contributed by atoms with Crippen molar-refractivity contribution in [3.63, 3.8) is 0 Å². The number of carbonyl (C=O) groups is 2. The van der Waals surface area contributed by atoms with Gasteiger partial charge in [0, 0.05) is 13.0 Å². The van der Waals surface area contributed by atoms with E-state index in [9.17, 15) is 14.7 Å². The molecule has 3 aliphatic carbocycles. The lowest BCUT2D eigenvalue weighted by Crippen LogP contribution is -2.52. The molecule has 0 atom stereocenters. The summed E-state index contributed by atoms with van der Waals surface area (Å²) in [6, 6.07) is 0. The highest BCUT2D eigenvalue weighted by Crippen LogP contribution is 2.66. The Morgan fingerprint density at radius 1 is 0.630 bits per heavy atom. The van der Waals surface area contributed by atoms with Gasteiger partial charge in [0.05, 0.1) is 26.2 Å². The van der Waals surface area contributed by atoms with Gasteiger partial charge in [-0.05, 0) is 81.7 Å². The van der Waals surface area contributed by atoms with Crippen molar-refractivity contribution in [2.75, 3.05) is 39.5 Å². The normalized spacial score (nSPS) is 18.5. The van der Waals surface area contributed by atoms with Crippen LogP contribution in [0.15, 0.2) is 0 Å². The summed E-state index contributed by atoms with van der Waals surface area (Å²) in [7, 11) is 0. The van der Waals surface area contributed by atoms with E-state index >= 15 is 0 Å². The van der Waals surface area contributed by atoms with Crippen LogP contribution < -0.4 is 0 Å². The van der Waals surface area contributed by atoms with Crippen molar-refractivity contribution in [2.45, 2.75) is 187 Å². The molecule has 3 saturated carbocycles.